The summed E-state index contributed by atoms with van der Waals surface area (Å²) in [6, 6.07) is 8.14. The van der Waals surface area contributed by atoms with Gasteiger partial charge in [-0.3, -0.25) is 5.41 Å². The number of rotatable bonds is 8. The van der Waals surface area contributed by atoms with Crippen LogP contribution in [0.25, 0.3) is 0 Å². The lowest BCUT2D eigenvalue weighted by Gasteiger charge is -2.22. The molecule has 0 aliphatic rings. The lowest BCUT2D eigenvalue weighted by atomic mass is 9.86. The van der Waals surface area contributed by atoms with Gasteiger partial charge in [0.15, 0.2) is 0 Å². The van der Waals surface area contributed by atoms with Crippen molar-refractivity contribution < 1.29 is 4.74 Å². The van der Waals surface area contributed by atoms with Crippen LogP contribution in [0.2, 0.25) is 0 Å². The van der Waals surface area contributed by atoms with Gasteiger partial charge in [-0.1, -0.05) is 26.3 Å². The number of amidine groups is 1. The highest BCUT2D eigenvalue weighted by atomic mass is 32.2. The van der Waals surface area contributed by atoms with Crippen molar-refractivity contribution in [3.8, 4) is 5.75 Å². The SMILES string of the molecule is COc1cccc(SCCCCC(C)(C)C(=N)N)c1. The van der Waals surface area contributed by atoms with E-state index in [-0.39, 0.29) is 11.3 Å². The van der Waals surface area contributed by atoms with Gasteiger partial charge in [0.05, 0.1) is 12.9 Å². The number of nitrogens with one attached hydrogen (secondary N) is 1. The van der Waals surface area contributed by atoms with Crippen molar-refractivity contribution in [2.75, 3.05) is 12.9 Å². The second-order valence-corrected chi connectivity index (χ2v) is 6.45. The van der Waals surface area contributed by atoms with Crippen LogP contribution >= 0.6 is 11.8 Å². The summed E-state index contributed by atoms with van der Waals surface area (Å²) >= 11 is 1.84. The van der Waals surface area contributed by atoms with Gasteiger partial charge in [0.2, 0.25) is 0 Å². The molecule has 0 unspecified atom stereocenters. The topological polar surface area (TPSA) is 59.1 Å². The minimum Gasteiger partial charge on any atom is -0.497 e. The van der Waals surface area contributed by atoms with E-state index < -0.39 is 0 Å². The summed E-state index contributed by atoms with van der Waals surface area (Å²) in [7, 11) is 1.69. The maximum Gasteiger partial charge on any atom is 0.119 e. The maximum absolute atomic E-state index is 7.52. The van der Waals surface area contributed by atoms with Crippen LogP contribution in [0.5, 0.6) is 5.75 Å². The van der Waals surface area contributed by atoms with E-state index in [1.54, 1.807) is 7.11 Å². The van der Waals surface area contributed by atoms with Gasteiger partial charge in [-0.05, 0) is 36.8 Å². The Bertz CT molecular complexity index is 418. The number of thioether (sulfide) groups is 1. The van der Waals surface area contributed by atoms with Crippen molar-refractivity contribution in [2.45, 2.75) is 38.0 Å². The Labute approximate surface area is 120 Å². The average Bonchev–Trinajstić information content (AvgIpc) is 2.38. The second-order valence-electron chi connectivity index (χ2n) is 5.28. The zero-order valence-corrected chi connectivity index (χ0v) is 12.8. The standard InChI is InChI=1S/C15H24N2OS/c1-15(2,14(16)17)9-4-5-10-19-13-8-6-7-12(11-13)18-3/h6-8,11H,4-5,9-10H2,1-3H3,(H3,16,17). The smallest absolute Gasteiger partial charge is 0.119 e. The lowest BCUT2D eigenvalue weighted by Crippen LogP contribution is -2.30. The fourth-order valence-corrected chi connectivity index (χ4v) is 2.64. The predicted molar refractivity (Wildman–Crippen MR) is 83.3 cm³/mol. The van der Waals surface area contributed by atoms with Crippen molar-refractivity contribution in [2.24, 2.45) is 11.1 Å². The number of ether oxygens (including phenoxy) is 1. The molecule has 0 amide bonds. The van der Waals surface area contributed by atoms with Crippen LogP contribution in [-0.2, 0) is 0 Å². The van der Waals surface area contributed by atoms with Gasteiger partial charge in [0.25, 0.3) is 0 Å². The number of hydrogen-bond acceptors (Lipinski definition) is 3. The van der Waals surface area contributed by atoms with Crippen LogP contribution < -0.4 is 10.5 Å². The van der Waals surface area contributed by atoms with Crippen molar-refractivity contribution in [3.05, 3.63) is 24.3 Å². The van der Waals surface area contributed by atoms with Gasteiger partial charge >= 0.3 is 0 Å². The zero-order chi connectivity index (χ0) is 14.3. The fraction of sp³-hybridized carbons (Fsp3) is 0.533. The van der Waals surface area contributed by atoms with E-state index in [0.29, 0.717) is 0 Å². The van der Waals surface area contributed by atoms with E-state index in [2.05, 4.69) is 12.1 Å². The summed E-state index contributed by atoms with van der Waals surface area (Å²) in [6.45, 7) is 4.06. The molecule has 0 aliphatic carbocycles. The van der Waals surface area contributed by atoms with Crippen molar-refractivity contribution in [3.63, 3.8) is 0 Å². The minimum absolute atomic E-state index is 0.166. The summed E-state index contributed by atoms with van der Waals surface area (Å²) in [5.41, 5.74) is 5.41. The first-order valence-corrected chi connectivity index (χ1v) is 7.55. The Balaban J connectivity index is 2.26. The molecule has 0 heterocycles. The highest BCUT2D eigenvalue weighted by Crippen LogP contribution is 2.26. The quantitative estimate of drug-likeness (QED) is 0.328. The molecule has 4 heteroatoms. The van der Waals surface area contributed by atoms with Crippen LogP contribution in [0.1, 0.15) is 33.1 Å². The summed E-state index contributed by atoms with van der Waals surface area (Å²) in [5.74, 6) is 2.27. The van der Waals surface area contributed by atoms with Crippen LogP contribution in [0.4, 0.5) is 0 Å². The molecule has 3 nitrogen and oxygen atoms in total. The number of nitrogens with two attached hydrogens (primary N) is 1. The zero-order valence-electron chi connectivity index (χ0n) is 12.0. The van der Waals surface area contributed by atoms with E-state index in [1.807, 2.05) is 37.7 Å². The van der Waals surface area contributed by atoms with Crippen LogP contribution in [0, 0.1) is 10.8 Å². The van der Waals surface area contributed by atoms with Crippen LogP contribution in [0.15, 0.2) is 29.2 Å². The Morgan fingerprint density at radius 3 is 2.74 bits per heavy atom. The Morgan fingerprint density at radius 2 is 2.11 bits per heavy atom. The van der Waals surface area contributed by atoms with Gasteiger partial charge in [0.1, 0.15) is 5.75 Å². The van der Waals surface area contributed by atoms with Gasteiger partial charge in [-0.25, -0.2) is 0 Å². The molecule has 0 bridgehead atoms. The third-order valence-electron chi connectivity index (χ3n) is 3.24. The first-order chi connectivity index (χ1) is 8.95. The third kappa shape index (κ3) is 5.55. The number of benzene rings is 1. The number of unbranched alkanes of at least 4 members (excludes halogenated alkanes) is 1. The summed E-state index contributed by atoms with van der Waals surface area (Å²) in [5, 5.41) is 7.52. The Morgan fingerprint density at radius 1 is 1.37 bits per heavy atom. The average molecular weight is 280 g/mol. The molecule has 1 rings (SSSR count). The molecule has 1 aromatic carbocycles. The van der Waals surface area contributed by atoms with Gasteiger partial charge in [-0.15, -0.1) is 11.8 Å². The molecule has 19 heavy (non-hydrogen) atoms. The predicted octanol–water partition coefficient (Wildman–Crippen LogP) is 3.92. The molecular weight excluding hydrogens is 256 g/mol. The van der Waals surface area contributed by atoms with Crippen molar-refractivity contribution in [1.82, 2.24) is 0 Å². The largest absolute Gasteiger partial charge is 0.497 e. The highest BCUT2D eigenvalue weighted by molar-refractivity contribution is 7.99. The molecule has 0 saturated carbocycles. The molecule has 0 atom stereocenters. The molecule has 0 fully saturated rings. The normalized spacial score (nSPS) is 11.3. The van der Waals surface area contributed by atoms with Gasteiger partial charge < -0.3 is 10.5 Å². The molecule has 1 aromatic rings. The van der Waals surface area contributed by atoms with Gasteiger partial charge in [0, 0.05) is 10.3 Å². The molecule has 106 valence electrons. The maximum atomic E-state index is 7.52. The fourth-order valence-electron chi connectivity index (χ4n) is 1.68. The first kappa shape index (κ1) is 15.9. The molecular formula is C15H24N2OS. The van der Waals surface area contributed by atoms with Gasteiger partial charge in [-0.2, -0.15) is 0 Å². The van der Waals surface area contributed by atoms with Crippen LogP contribution in [-0.4, -0.2) is 18.7 Å². The molecule has 0 saturated heterocycles. The van der Waals surface area contributed by atoms with E-state index in [4.69, 9.17) is 15.9 Å². The molecule has 0 radical (unpaired) electrons. The molecule has 3 N–H and O–H groups in total. The van der Waals surface area contributed by atoms with E-state index in [9.17, 15) is 0 Å². The van der Waals surface area contributed by atoms with E-state index in [1.165, 1.54) is 4.90 Å². The lowest BCUT2D eigenvalue weighted by molar-refractivity contribution is 0.413. The number of hydrogen-bond donors (Lipinski definition) is 2. The minimum atomic E-state index is -0.166. The second kappa shape index (κ2) is 7.43. The van der Waals surface area contributed by atoms with Crippen LogP contribution in [0.3, 0.4) is 0 Å². The van der Waals surface area contributed by atoms with Crippen molar-refractivity contribution >= 4 is 17.6 Å². The summed E-state index contributed by atoms with van der Waals surface area (Å²) < 4.78 is 5.20. The molecule has 0 spiro atoms. The Kier molecular flexibility index (Phi) is 6.22. The monoisotopic (exact) mass is 280 g/mol. The third-order valence-corrected chi connectivity index (χ3v) is 4.32. The summed E-state index contributed by atoms with van der Waals surface area (Å²) in [6.07, 6.45) is 3.21. The summed E-state index contributed by atoms with van der Waals surface area (Å²) in [4.78, 5) is 1.24. The molecule has 0 aliphatic heterocycles. The van der Waals surface area contributed by atoms with Crippen molar-refractivity contribution in [1.29, 1.82) is 5.41 Å². The van der Waals surface area contributed by atoms with E-state index >= 15 is 0 Å². The highest BCUT2D eigenvalue weighted by Gasteiger charge is 2.20. The van der Waals surface area contributed by atoms with E-state index in [0.717, 1.165) is 30.8 Å². The number of methoxy groups -OCH3 is 1. The first-order valence-electron chi connectivity index (χ1n) is 6.57. The Hall–Kier alpha value is -1.16. The molecule has 0 aromatic heterocycles.